The van der Waals surface area contributed by atoms with Crippen molar-refractivity contribution in [1.29, 1.82) is 0 Å². The number of hydrogen-bond donors (Lipinski definition) is 0. The third kappa shape index (κ3) is 0.621. The van der Waals surface area contributed by atoms with Crippen LogP contribution in [-0.4, -0.2) is 22.5 Å². The maximum atomic E-state index is 4.56. The summed E-state index contributed by atoms with van der Waals surface area (Å²) >= 11 is 0. The topological polar surface area (TPSA) is 24.7 Å². The molecule has 2 aliphatic rings. The molecule has 0 aromatic carbocycles. The molecule has 0 aliphatic carbocycles. The Morgan fingerprint density at radius 2 is 1.17 bits per heavy atom. The Bertz CT molecular complexity index is 260. The molecule has 0 unspecified atom stereocenters. The molecule has 0 saturated heterocycles. The summed E-state index contributed by atoms with van der Waals surface area (Å²) in [4.78, 5) is 9.13. The minimum Gasteiger partial charge on any atom is -0.276 e. The molecule has 0 fully saturated rings. The zero-order valence-corrected chi connectivity index (χ0v) is 8.31. The Balaban J connectivity index is 2.20. The minimum absolute atomic E-state index is 0.117. The molecule has 0 aromatic heterocycles. The lowest BCUT2D eigenvalue weighted by Crippen LogP contribution is -2.40. The highest BCUT2D eigenvalue weighted by molar-refractivity contribution is 6.17. The van der Waals surface area contributed by atoms with Gasteiger partial charge in [-0.25, -0.2) is 0 Å². The summed E-state index contributed by atoms with van der Waals surface area (Å²) in [6.45, 7) is 8.67. The molecule has 2 heteroatoms. The third-order valence-corrected chi connectivity index (χ3v) is 3.52. The maximum Gasteiger partial charge on any atom is 0.128 e. The van der Waals surface area contributed by atoms with Gasteiger partial charge < -0.3 is 0 Å². The van der Waals surface area contributed by atoms with Crippen molar-refractivity contribution in [3.05, 3.63) is 0 Å². The Morgan fingerprint density at radius 3 is 1.25 bits per heavy atom. The van der Waals surface area contributed by atoms with Crippen molar-refractivity contribution >= 4 is 11.4 Å². The molecule has 66 valence electrons. The highest BCUT2D eigenvalue weighted by Gasteiger charge is 2.66. The zero-order chi connectivity index (χ0) is 8.98. The van der Waals surface area contributed by atoms with E-state index < -0.39 is 0 Å². The Morgan fingerprint density at radius 1 is 0.917 bits per heavy atom. The highest BCUT2D eigenvalue weighted by atomic mass is 15.2. The summed E-state index contributed by atoms with van der Waals surface area (Å²) in [6.07, 6.45) is 2.21. The third-order valence-electron chi connectivity index (χ3n) is 3.52. The van der Waals surface area contributed by atoms with Crippen molar-refractivity contribution in [2.24, 2.45) is 9.98 Å². The second-order valence-corrected chi connectivity index (χ2v) is 3.82. The van der Waals surface area contributed by atoms with Crippen molar-refractivity contribution in [2.45, 2.75) is 51.6 Å². The van der Waals surface area contributed by atoms with Crippen LogP contribution in [0.3, 0.4) is 0 Å². The van der Waals surface area contributed by atoms with E-state index in [0.717, 1.165) is 12.8 Å². The smallest absolute Gasteiger partial charge is 0.128 e. The van der Waals surface area contributed by atoms with Crippen LogP contribution in [0.2, 0.25) is 0 Å². The van der Waals surface area contributed by atoms with Crippen LogP contribution in [0.5, 0.6) is 0 Å². The fraction of sp³-hybridized carbons (Fsp3) is 0.800. The van der Waals surface area contributed by atoms with E-state index in [4.69, 9.17) is 0 Å². The molecule has 0 amide bonds. The van der Waals surface area contributed by atoms with Crippen molar-refractivity contribution < 1.29 is 0 Å². The molecule has 2 rings (SSSR count). The fourth-order valence-corrected chi connectivity index (χ4v) is 2.55. The van der Waals surface area contributed by atoms with Gasteiger partial charge in [-0.1, -0.05) is 13.8 Å². The van der Waals surface area contributed by atoms with Crippen LogP contribution >= 0.6 is 0 Å². The van der Waals surface area contributed by atoms with Gasteiger partial charge in [0.25, 0.3) is 0 Å². The molecule has 2 heterocycles. The van der Waals surface area contributed by atoms with Crippen LogP contribution in [-0.2, 0) is 0 Å². The monoisotopic (exact) mass is 164 g/mol. The van der Waals surface area contributed by atoms with E-state index >= 15 is 0 Å². The molecule has 2 atom stereocenters. The van der Waals surface area contributed by atoms with Gasteiger partial charge in [0.1, 0.15) is 11.1 Å². The quantitative estimate of drug-likeness (QED) is 0.611. The summed E-state index contributed by atoms with van der Waals surface area (Å²) < 4.78 is 0. The van der Waals surface area contributed by atoms with Gasteiger partial charge in [-0.3, -0.25) is 9.98 Å². The lowest BCUT2D eigenvalue weighted by molar-refractivity contribution is 0.468. The largest absolute Gasteiger partial charge is 0.276 e. The van der Waals surface area contributed by atoms with Crippen LogP contribution in [0.25, 0.3) is 0 Å². The predicted octanol–water partition coefficient (Wildman–Crippen LogP) is 2.23. The Kier molecular flexibility index (Phi) is 1.31. The summed E-state index contributed by atoms with van der Waals surface area (Å²) in [6, 6.07) is 0. The maximum absolute atomic E-state index is 4.56. The summed E-state index contributed by atoms with van der Waals surface area (Å²) in [5.74, 6) is 0. The average Bonchev–Trinajstić information content (AvgIpc) is 2.90. The van der Waals surface area contributed by atoms with E-state index in [-0.39, 0.29) is 11.1 Å². The van der Waals surface area contributed by atoms with Crippen molar-refractivity contribution in [3.8, 4) is 0 Å². The molecule has 0 N–H and O–H groups in total. The van der Waals surface area contributed by atoms with Crippen LogP contribution in [0, 0.1) is 0 Å². The van der Waals surface area contributed by atoms with E-state index in [2.05, 4.69) is 37.7 Å². The molecule has 2 aliphatic heterocycles. The first kappa shape index (κ1) is 7.96. The van der Waals surface area contributed by atoms with Crippen molar-refractivity contribution in [3.63, 3.8) is 0 Å². The Labute approximate surface area is 73.8 Å². The first-order chi connectivity index (χ1) is 5.63. The van der Waals surface area contributed by atoms with Gasteiger partial charge in [0.2, 0.25) is 0 Å². The molecular formula is C10H16N2. The van der Waals surface area contributed by atoms with Gasteiger partial charge in [0, 0.05) is 11.4 Å². The summed E-state index contributed by atoms with van der Waals surface area (Å²) in [7, 11) is 0. The molecule has 0 bridgehead atoms. The predicted molar refractivity (Wildman–Crippen MR) is 52.3 cm³/mol. The second-order valence-electron chi connectivity index (χ2n) is 3.82. The van der Waals surface area contributed by atoms with Crippen LogP contribution in [0.15, 0.2) is 9.98 Å². The van der Waals surface area contributed by atoms with Gasteiger partial charge in [-0.2, -0.15) is 0 Å². The molecule has 0 radical (unpaired) electrons. The fourth-order valence-electron chi connectivity index (χ4n) is 2.55. The number of aliphatic imine (C=N–C) groups is 2. The van der Waals surface area contributed by atoms with E-state index in [9.17, 15) is 0 Å². The number of rotatable bonds is 3. The van der Waals surface area contributed by atoms with Gasteiger partial charge in [0.05, 0.1) is 0 Å². The van der Waals surface area contributed by atoms with Gasteiger partial charge >= 0.3 is 0 Å². The van der Waals surface area contributed by atoms with E-state index in [0.29, 0.717) is 0 Å². The highest BCUT2D eigenvalue weighted by Crippen LogP contribution is 2.53. The zero-order valence-electron chi connectivity index (χ0n) is 8.31. The number of hydrogen-bond acceptors (Lipinski definition) is 2. The van der Waals surface area contributed by atoms with E-state index in [1.807, 2.05) is 0 Å². The summed E-state index contributed by atoms with van der Waals surface area (Å²) in [5, 5.41) is 0. The normalized spacial score (nSPS) is 43.7. The van der Waals surface area contributed by atoms with Crippen molar-refractivity contribution in [1.82, 2.24) is 0 Å². The molecular weight excluding hydrogens is 148 g/mol. The molecule has 0 saturated carbocycles. The van der Waals surface area contributed by atoms with Crippen LogP contribution in [0.1, 0.15) is 40.5 Å². The first-order valence-electron chi connectivity index (χ1n) is 4.77. The second kappa shape index (κ2) is 1.98. The molecule has 0 aromatic rings. The van der Waals surface area contributed by atoms with Gasteiger partial charge in [0.15, 0.2) is 0 Å². The van der Waals surface area contributed by atoms with Crippen LogP contribution in [0.4, 0.5) is 0 Å². The SMILES string of the molecule is CC[C@]1([C@]2(CC)N=C2C)N=C1C. The first-order valence-corrected chi connectivity index (χ1v) is 4.77. The lowest BCUT2D eigenvalue weighted by Gasteiger charge is -2.22. The summed E-state index contributed by atoms with van der Waals surface area (Å²) in [5.41, 5.74) is 2.83. The van der Waals surface area contributed by atoms with Crippen molar-refractivity contribution in [2.75, 3.05) is 0 Å². The minimum atomic E-state index is 0.117. The Hall–Kier alpha value is -0.660. The molecule has 2 nitrogen and oxygen atoms in total. The number of nitrogens with zero attached hydrogens (tertiary/aromatic N) is 2. The van der Waals surface area contributed by atoms with Gasteiger partial charge in [-0.15, -0.1) is 0 Å². The standard InChI is InChI=1S/C10H16N2/c1-5-9(7(3)11-9)10(6-2)8(4)12-10/h5-6H2,1-4H3/t9-,10+. The van der Waals surface area contributed by atoms with E-state index in [1.54, 1.807) is 0 Å². The average molecular weight is 164 g/mol. The molecule has 0 spiro atoms. The van der Waals surface area contributed by atoms with Gasteiger partial charge in [-0.05, 0) is 26.7 Å². The van der Waals surface area contributed by atoms with Crippen LogP contribution < -0.4 is 0 Å². The molecule has 12 heavy (non-hydrogen) atoms. The van der Waals surface area contributed by atoms with E-state index in [1.165, 1.54) is 11.4 Å². The lowest BCUT2D eigenvalue weighted by atomic mass is 9.79.